The van der Waals surface area contributed by atoms with Crippen molar-refractivity contribution in [2.75, 3.05) is 0 Å². The molecule has 0 fully saturated rings. The highest BCUT2D eigenvalue weighted by Gasteiger charge is 2.06. The van der Waals surface area contributed by atoms with Gasteiger partial charge in [-0.05, 0) is 23.8 Å². The van der Waals surface area contributed by atoms with Crippen LogP contribution in [0.15, 0.2) is 52.9 Å². The Morgan fingerprint density at radius 1 is 1.11 bits per heavy atom. The van der Waals surface area contributed by atoms with Gasteiger partial charge in [0.1, 0.15) is 11.8 Å². The highest BCUT2D eigenvalue weighted by Crippen LogP contribution is 2.18. The average Bonchev–Trinajstić information content (AvgIpc) is 2.80. The maximum absolute atomic E-state index is 10.7. The largest absolute Gasteiger partial charge is 0.440 e. The fourth-order valence-electron chi connectivity index (χ4n) is 1.91. The van der Waals surface area contributed by atoms with Gasteiger partial charge in [0.05, 0.1) is 0 Å². The molecule has 0 aliphatic carbocycles. The zero-order valence-electron chi connectivity index (χ0n) is 9.67. The molecule has 18 heavy (non-hydrogen) atoms. The molecule has 1 heterocycles. The molecule has 3 rings (SSSR count). The molecular weight excluding hydrogens is 226 g/mol. The molecule has 0 atom stereocenters. The Labute approximate surface area is 104 Å². The van der Waals surface area contributed by atoms with Crippen LogP contribution in [0.25, 0.3) is 11.1 Å². The van der Waals surface area contributed by atoms with Crippen molar-refractivity contribution in [3.8, 4) is 0 Å². The molecule has 0 aliphatic heterocycles. The van der Waals surface area contributed by atoms with Gasteiger partial charge in [0.25, 0.3) is 0 Å². The van der Waals surface area contributed by atoms with Crippen molar-refractivity contribution in [1.82, 2.24) is 4.98 Å². The van der Waals surface area contributed by atoms with Crippen LogP contribution >= 0.6 is 0 Å². The Bertz CT molecular complexity index is 686. The Morgan fingerprint density at radius 3 is 2.72 bits per heavy atom. The quantitative estimate of drug-likeness (QED) is 0.657. The van der Waals surface area contributed by atoms with E-state index in [1.807, 2.05) is 30.3 Å². The molecular formula is C15H11NO2. The highest BCUT2D eigenvalue weighted by atomic mass is 16.3. The first kappa shape index (κ1) is 10.7. The fourth-order valence-corrected chi connectivity index (χ4v) is 1.91. The van der Waals surface area contributed by atoms with Gasteiger partial charge in [0.15, 0.2) is 11.5 Å². The van der Waals surface area contributed by atoms with Crippen molar-refractivity contribution in [1.29, 1.82) is 0 Å². The first-order valence-corrected chi connectivity index (χ1v) is 5.74. The van der Waals surface area contributed by atoms with E-state index >= 15 is 0 Å². The zero-order chi connectivity index (χ0) is 12.4. The summed E-state index contributed by atoms with van der Waals surface area (Å²) in [7, 11) is 0. The summed E-state index contributed by atoms with van der Waals surface area (Å²) in [5.41, 5.74) is 3.20. The Balaban J connectivity index is 1.96. The first-order chi connectivity index (χ1) is 8.85. The van der Waals surface area contributed by atoms with E-state index in [1.165, 1.54) is 0 Å². The topological polar surface area (TPSA) is 43.1 Å². The molecule has 0 spiro atoms. The third kappa shape index (κ3) is 2.02. The van der Waals surface area contributed by atoms with E-state index in [2.05, 4.69) is 4.98 Å². The molecule has 3 heteroatoms. The van der Waals surface area contributed by atoms with Gasteiger partial charge in [-0.15, -0.1) is 0 Å². The van der Waals surface area contributed by atoms with Crippen LogP contribution in [-0.2, 0) is 6.42 Å². The standard InChI is InChI=1S/C15H11NO2/c17-10-12-6-7-13-14(8-12)18-15(16-13)9-11-4-2-1-3-5-11/h1-8,10H,9H2. The summed E-state index contributed by atoms with van der Waals surface area (Å²) < 4.78 is 5.64. The smallest absolute Gasteiger partial charge is 0.199 e. The molecule has 0 saturated heterocycles. The average molecular weight is 237 g/mol. The maximum Gasteiger partial charge on any atom is 0.199 e. The predicted octanol–water partition coefficient (Wildman–Crippen LogP) is 3.23. The van der Waals surface area contributed by atoms with Gasteiger partial charge in [0.2, 0.25) is 0 Å². The number of nitrogens with zero attached hydrogens (tertiary/aromatic N) is 1. The summed E-state index contributed by atoms with van der Waals surface area (Å²) in [6, 6.07) is 15.3. The Morgan fingerprint density at radius 2 is 1.94 bits per heavy atom. The minimum absolute atomic E-state index is 0.602. The maximum atomic E-state index is 10.7. The van der Waals surface area contributed by atoms with E-state index in [-0.39, 0.29) is 0 Å². The molecule has 0 aliphatic rings. The monoisotopic (exact) mass is 237 g/mol. The van der Waals surface area contributed by atoms with E-state index in [9.17, 15) is 4.79 Å². The van der Waals surface area contributed by atoms with Crippen LogP contribution in [0.5, 0.6) is 0 Å². The van der Waals surface area contributed by atoms with E-state index in [0.29, 0.717) is 23.5 Å². The lowest BCUT2D eigenvalue weighted by molar-refractivity contribution is 0.112. The predicted molar refractivity (Wildman–Crippen MR) is 68.6 cm³/mol. The van der Waals surface area contributed by atoms with Crippen molar-refractivity contribution in [2.24, 2.45) is 0 Å². The van der Waals surface area contributed by atoms with Crippen molar-refractivity contribution in [3.63, 3.8) is 0 Å². The Hall–Kier alpha value is -2.42. The molecule has 0 radical (unpaired) electrons. The molecule has 0 N–H and O–H groups in total. The van der Waals surface area contributed by atoms with Gasteiger partial charge in [0, 0.05) is 12.0 Å². The molecule has 0 amide bonds. The number of hydrogen-bond donors (Lipinski definition) is 0. The molecule has 0 bridgehead atoms. The normalized spacial score (nSPS) is 10.7. The Kier molecular flexibility index (Phi) is 2.65. The highest BCUT2D eigenvalue weighted by molar-refractivity contribution is 5.83. The fraction of sp³-hybridized carbons (Fsp3) is 0.0667. The molecule has 3 nitrogen and oxygen atoms in total. The van der Waals surface area contributed by atoms with Gasteiger partial charge >= 0.3 is 0 Å². The van der Waals surface area contributed by atoms with Crippen LogP contribution in [0, 0.1) is 0 Å². The van der Waals surface area contributed by atoms with E-state index in [4.69, 9.17) is 4.42 Å². The van der Waals surface area contributed by atoms with Crippen molar-refractivity contribution in [3.05, 3.63) is 65.5 Å². The summed E-state index contributed by atoms with van der Waals surface area (Å²) in [6.45, 7) is 0. The second kappa shape index (κ2) is 4.45. The number of benzene rings is 2. The van der Waals surface area contributed by atoms with Gasteiger partial charge in [-0.2, -0.15) is 0 Å². The van der Waals surface area contributed by atoms with Crippen molar-refractivity contribution < 1.29 is 9.21 Å². The summed E-state index contributed by atoms with van der Waals surface area (Å²) in [5, 5.41) is 0. The lowest BCUT2D eigenvalue weighted by Crippen LogP contribution is -1.86. The molecule has 1 aromatic heterocycles. The van der Waals surface area contributed by atoms with Gasteiger partial charge in [-0.1, -0.05) is 30.3 Å². The zero-order valence-corrected chi connectivity index (χ0v) is 9.67. The van der Waals surface area contributed by atoms with E-state index in [0.717, 1.165) is 17.4 Å². The molecule has 3 aromatic rings. The lowest BCUT2D eigenvalue weighted by Gasteiger charge is -1.94. The SMILES string of the molecule is O=Cc1ccc2nc(Cc3ccccc3)oc2c1. The van der Waals surface area contributed by atoms with Crippen LogP contribution in [-0.4, -0.2) is 11.3 Å². The number of carbonyl (C=O) groups is 1. The number of rotatable bonds is 3. The molecule has 88 valence electrons. The minimum atomic E-state index is 0.602. The third-order valence-electron chi connectivity index (χ3n) is 2.79. The van der Waals surface area contributed by atoms with Crippen LogP contribution in [0.3, 0.4) is 0 Å². The number of hydrogen-bond acceptors (Lipinski definition) is 3. The molecule has 2 aromatic carbocycles. The van der Waals surface area contributed by atoms with Crippen molar-refractivity contribution in [2.45, 2.75) is 6.42 Å². The summed E-state index contributed by atoms with van der Waals surface area (Å²) in [4.78, 5) is 15.1. The number of aromatic nitrogens is 1. The van der Waals surface area contributed by atoms with Gasteiger partial charge in [-0.3, -0.25) is 4.79 Å². The number of oxazole rings is 1. The third-order valence-corrected chi connectivity index (χ3v) is 2.79. The van der Waals surface area contributed by atoms with Crippen LogP contribution in [0.4, 0.5) is 0 Å². The van der Waals surface area contributed by atoms with Crippen LogP contribution in [0.2, 0.25) is 0 Å². The summed E-state index contributed by atoms with van der Waals surface area (Å²) in [6.07, 6.45) is 1.46. The number of aldehydes is 1. The number of carbonyl (C=O) groups excluding carboxylic acids is 1. The summed E-state index contributed by atoms with van der Waals surface area (Å²) in [5.74, 6) is 0.666. The van der Waals surface area contributed by atoms with Gasteiger partial charge in [-0.25, -0.2) is 4.98 Å². The minimum Gasteiger partial charge on any atom is -0.440 e. The molecule has 0 saturated carbocycles. The molecule has 0 unspecified atom stereocenters. The summed E-state index contributed by atoms with van der Waals surface area (Å²) >= 11 is 0. The van der Waals surface area contributed by atoms with Crippen LogP contribution < -0.4 is 0 Å². The second-order valence-corrected chi connectivity index (χ2v) is 4.11. The van der Waals surface area contributed by atoms with E-state index in [1.54, 1.807) is 18.2 Å². The van der Waals surface area contributed by atoms with Gasteiger partial charge < -0.3 is 4.42 Å². The van der Waals surface area contributed by atoms with E-state index < -0.39 is 0 Å². The first-order valence-electron chi connectivity index (χ1n) is 5.74. The number of fused-ring (bicyclic) bond motifs is 1. The second-order valence-electron chi connectivity index (χ2n) is 4.11. The lowest BCUT2D eigenvalue weighted by atomic mass is 10.1. The van der Waals surface area contributed by atoms with Crippen LogP contribution in [0.1, 0.15) is 21.8 Å². The van der Waals surface area contributed by atoms with Crippen molar-refractivity contribution >= 4 is 17.4 Å².